The zero-order valence-electron chi connectivity index (χ0n) is 4.86. The molecule has 0 radical (unpaired) electrons. The van der Waals surface area contributed by atoms with Gasteiger partial charge in [0.05, 0.1) is 7.11 Å². The van der Waals surface area contributed by atoms with E-state index in [2.05, 4.69) is 28.4 Å². The van der Waals surface area contributed by atoms with Gasteiger partial charge in [0, 0.05) is 0 Å². The van der Waals surface area contributed by atoms with Gasteiger partial charge in [0.2, 0.25) is 0 Å². The summed E-state index contributed by atoms with van der Waals surface area (Å²) < 4.78 is 4.46. The van der Waals surface area contributed by atoms with Crippen LogP contribution in [-0.4, -0.2) is 12.2 Å². The summed E-state index contributed by atoms with van der Waals surface area (Å²) in [5, 5.41) is 8.81. The fraction of sp³-hybridized carbons (Fsp3) is 0.143. The molecule has 2 nitrogen and oxygen atoms in total. The van der Waals surface area contributed by atoms with Gasteiger partial charge in [-0.05, 0) is 23.7 Å². The smallest absolute Gasteiger partial charge is 0.301 e. The van der Waals surface area contributed by atoms with E-state index in [1.807, 2.05) is 0 Å². The summed E-state index contributed by atoms with van der Waals surface area (Å²) in [5.74, 6) is 9.84. The predicted octanol–water partition coefficient (Wildman–Crippen LogP) is 0.423. The minimum Gasteiger partial charge on any atom is -0.480 e. The van der Waals surface area contributed by atoms with Gasteiger partial charge in [0.15, 0.2) is 5.57 Å². The van der Waals surface area contributed by atoms with Gasteiger partial charge < -0.3 is 9.84 Å². The van der Waals surface area contributed by atoms with Gasteiger partial charge in [-0.2, -0.15) is 0 Å². The van der Waals surface area contributed by atoms with E-state index in [1.54, 1.807) is 0 Å². The second-order valence-electron chi connectivity index (χ2n) is 1.38. The monoisotopic (exact) mass is 120 g/mol. The van der Waals surface area contributed by atoms with E-state index in [4.69, 9.17) is 5.11 Å². The summed E-state index contributed by atoms with van der Waals surface area (Å²) in [6, 6.07) is 0. The van der Waals surface area contributed by atoms with Crippen LogP contribution in [0.15, 0.2) is 11.5 Å². The lowest BCUT2D eigenvalue weighted by Gasteiger charge is -1.93. The summed E-state index contributed by atoms with van der Waals surface area (Å²) in [6.07, 6.45) is 0. The number of allylic oxidation sites excluding steroid dienone is 1. The van der Waals surface area contributed by atoms with E-state index in [1.165, 1.54) is 7.11 Å². The molecule has 1 rings (SSSR count). The summed E-state index contributed by atoms with van der Waals surface area (Å²) in [5.41, 5.74) is 0.359. The topological polar surface area (TPSA) is 29.5 Å². The van der Waals surface area contributed by atoms with Crippen LogP contribution in [0.1, 0.15) is 0 Å². The van der Waals surface area contributed by atoms with Gasteiger partial charge in [0.1, 0.15) is 0 Å². The molecule has 0 aromatic heterocycles. The number of aliphatic hydroxyl groups is 1. The van der Waals surface area contributed by atoms with E-state index in [0.29, 0.717) is 5.57 Å². The summed E-state index contributed by atoms with van der Waals surface area (Å²) >= 11 is 0. The Kier molecular flexibility index (Phi) is 1.34. The van der Waals surface area contributed by atoms with Crippen LogP contribution in [0.25, 0.3) is 0 Å². The summed E-state index contributed by atoms with van der Waals surface area (Å²) in [6.45, 7) is 0. The number of methoxy groups -OCH3 is 1. The molecular weight excluding hydrogens is 116 g/mol. The Morgan fingerprint density at radius 1 is 1.44 bits per heavy atom. The quantitative estimate of drug-likeness (QED) is 0.401. The van der Waals surface area contributed by atoms with Gasteiger partial charge in [-0.15, -0.1) is 0 Å². The number of aliphatic hydroxyl groups excluding tert-OH is 1. The van der Waals surface area contributed by atoms with E-state index < -0.39 is 0 Å². The molecule has 0 saturated heterocycles. The molecule has 1 N–H and O–H groups in total. The van der Waals surface area contributed by atoms with Crippen LogP contribution in [0.5, 0.6) is 0 Å². The van der Waals surface area contributed by atoms with Crippen LogP contribution in [0, 0.1) is 23.7 Å². The molecule has 0 unspecified atom stereocenters. The fourth-order valence-corrected chi connectivity index (χ4v) is 0.428. The highest BCUT2D eigenvalue weighted by Gasteiger charge is 1.99. The molecule has 1 aliphatic rings. The zero-order chi connectivity index (χ0) is 6.69. The third-order valence-electron chi connectivity index (χ3n) is 0.845. The normalized spacial score (nSPS) is 11.0. The molecule has 44 valence electrons. The molecule has 0 heterocycles. The first-order valence-corrected chi connectivity index (χ1v) is 2.34. The van der Waals surface area contributed by atoms with Crippen molar-refractivity contribution in [3.05, 3.63) is 11.5 Å². The van der Waals surface area contributed by atoms with Crippen molar-refractivity contribution in [1.82, 2.24) is 0 Å². The number of hydrogen-bond acceptors (Lipinski definition) is 2. The van der Waals surface area contributed by atoms with Crippen molar-refractivity contribution in [2.45, 2.75) is 0 Å². The lowest BCUT2D eigenvalue weighted by atomic mass is 10.3. The molecule has 0 aromatic carbocycles. The highest BCUT2D eigenvalue weighted by atomic mass is 16.6. The molecule has 0 bridgehead atoms. The van der Waals surface area contributed by atoms with Crippen LogP contribution in [0.2, 0.25) is 0 Å². The van der Waals surface area contributed by atoms with E-state index in [9.17, 15) is 0 Å². The largest absolute Gasteiger partial charge is 0.480 e. The van der Waals surface area contributed by atoms with Crippen LogP contribution < -0.4 is 0 Å². The number of ether oxygens (including phenoxy) is 1. The lowest BCUT2D eigenvalue weighted by Crippen LogP contribution is -1.87. The Balaban J connectivity index is 2.92. The predicted molar refractivity (Wildman–Crippen MR) is 32.2 cm³/mol. The van der Waals surface area contributed by atoms with Crippen molar-refractivity contribution in [3.8, 4) is 23.7 Å². The molecule has 0 amide bonds. The van der Waals surface area contributed by atoms with Crippen LogP contribution in [0.3, 0.4) is 0 Å². The van der Waals surface area contributed by atoms with Crippen molar-refractivity contribution in [2.75, 3.05) is 7.11 Å². The highest BCUT2D eigenvalue weighted by Crippen LogP contribution is 2.00. The van der Waals surface area contributed by atoms with Gasteiger partial charge >= 0.3 is 5.95 Å². The van der Waals surface area contributed by atoms with E-state index in [-0.39, 0.29) is 5.95 Å². The fourth-order valence-electron chi connectivity index (χ4n) is 0.428. The van der Waals surface area contributed by atoms with Crippen LogP contribution in [-0.2, 0) is 4.74 Å². The maximum atomic E-state index is 8.81. The van der Waals surface area contributed by atoms with Gasteiger partial charge in [-0.25, -0.2) is 0 Å². The maximum Gasteiger partial charge on any atom is 0.301 e. The molecule has 0 aliphatic heterocycles. The Bertz CT molecular complexity index is 243. The number of hydrogen-bond donors (Lipinski definition) is 1. The van der Waals surface area contributed by atoms with Gasteiger partial charge in [0.25, 0.3) is 0 Å². The third kappa shape index (κ3) is 0.978. The first-order chi connectivity index (χ1) is 4.34. The van der Waals surface area contributed by atoms with Crippen molar-refractivity contribution < 1.29 is 9.84 Å². The molecule has 0 atom stereocenters. The van der Waals surface area contributed by atoms with Gasteiger partial charge in [-0.3, -0.25) is 0 Å². The minimum absolute atomic E-state index is 0.201. The molecule has 0 fully saturated rings. The molecule has 0 saturated carbocycles. The lowest BCUT2D eigenvalue weighted by molar-refractivity contribution is 0.134. The third-order valence-corrected chi connectivity index (χ3v) is 0.845. The van der Waals surface area contributed by atoms with Crippen LogP contribution in [0.4, 0.5) is 0 Å². The van der Waals surface area contributed by atoms with Gasteiger partial charge in [-0.1, -0.05) is 0 Å². The molecule has 9 heavy (non-hydrogen) atoms. The standard InChI is InChI=1S/C7H4O2/c1-9-7(8)6-4-2-3-5-6/h8H,1H3. The van der Waals surface area contributed by atoms with E-state index in [0.717, 1.165) is 0 Å². The number of rotatable bonds is 1. The highest BCUT2D eigenvalue weighted by molar-refractivity contribution is 5.55. The van der Waals surface area contributed by atoms with Crippen molar-refractivity contribution in [3.63, 3.8) is 0 Å². The molecule has 0 spiro atoms. The second kappa shape index (κ2) is 2.15. The Labute approximate surface area is 53.1 Å². The molecular formula is C7H4O2. The van der Waals surface area contributed by atoms with E-state index >= 15 is 0 Å². The van der Waals surface area contributed by atoms with Crippen LogP contribution >= 0.6 is 0 Å². The summed E-state index contributed by atoms with van der Waals surface area (Å²) in [4.78, 5) is 0. The first-order valence-electron chi connectivity index (χ1n) is 2.34. The molecule has 2 heteroatoms. The molecule has 1 aliphatic carbocycles. The first kappa shape index (κ1) is 5.59. The average Bonchev–Trinajstić information content (AvgIpc) is 2.37. The average molecular weight is 120 g/mol. The SMILES string of the molecule is COC(O)=C1C#CC#C1. The maximum absolute atomic E-state index is 8.81. The Morgan fingerprint density at radius 3 is 2.44 bits per heavy atom. The zero-order valence-corrected chi connectivity index (χ0v) is 4.86. The Hall–Kier alpha value is -1.54. The van der Waals surface area contributed by atoms with Crippen molar-refractivity contribution in [2.24, 2.45) is 0 Å². The minimum atomic E-state index is -0.201. The summed E-state index contributed by atoms with van der Waals surface area (Å²) in [7, 11) is 1.37. The van der Waals surface area contributed by atoms with Crippen molar-refractivity contribution in [1.29, 1.82) is 0 Å². The second-order valence-corrected chi connectivity index (χ2v) is 1.38. The Morgan fingerprint density at radius 2 is 2.00 bits per heavy atom. The van der Waals surface area contributed by atoms with Crippen molar-refractivity contribution >= 4 is 0 Å². The molecule has 0 aromatic rings.